The summed E-state index contributed by atoms with van der Waals surface area (Å²) in [5.74, 6) is -0.0893. The summed E-state index contributed by atoms with van der Waals surface area (Å²) in [5, 5.41) is 16.3. The first-order chi connectivity index (χ1) is 14.6. The van der Waals surface area contributed by atoms with E-state index in [9.17, 15) is 9.90 Å². The van der Waals surface area contributed by atoms with E-state index in [2.05, 4.69) is 15.2 Å². The van der Waals surface area contributed by atoms with Gasteiger partial charge in [0.2, 0.25) is 5.91 Å². The highest BCUT2D eigenvalue weighted by Crippen LogP contribution is 2.29. The number of aliphatic hydroxyl groups excluding tert-OH is 1. The molecule has 1 aromatic carbocycles. The Labute approximate surface area is 185 Å². The fraction of sp³-hybridized carbons (Fsp3) is 0.524. The van der Waals surface area contributed by atoms with Crippen LogP contribution in [0.15, 0.2) is 35.8 Å². The molecular weight excluding hydrogens is 426 g/mol. The summed E-state index contributed by atoms with van der Waals surface area (Å²) in [5.41, 5.74) is 1.14. The number of aromatic nitrogens is 1. The van der Waals surface area contributed by atoms with Crippen LogP contribution in [0.25, 0.3) is 0 Å². The number of halogens is 1. The summed E-state index contributed by atoms with van der Waals surface area (Å²) < 4.78 is 12.0. The van der Waals surface area contributed by atoms with Gasteiger partial charge in [0.25, 0.3) is 0 Å². The molecule has 1 amide bonds. The van der Waals surface area contributed by atoms with Gasteiger partial charge in [-0.1, -0.05) is 23.7 Å². The Balaban J connectivity index is 1.39. The van der Waals surface area contributed by atoms with Crippen LogP contribution in [0.2, 0.25) is 5.02 Å². The Hall–Kier alpha value is -1.55. The van der Waals surface area contributed by atoms with E-state index in [0.29, 0.717) is 36.3 Å². The predicted octanol–water partition coefficient (Wildman–Crippen LogP) is 2.93. The van der Waals surface area contributed by atoms with E-state index in [4.69, 9.17) is 21.1 Å². The largest absolute Gasteiger partial charge is 0.389 e. The maximum Gasteiger partial charge on any atom is 0.228 e. The van der Waals surface area contributed by atoms with E-state index in [-0.39, 0.29) is 30.8 Å². The van der Waals surface area contributed by atoms with E-state index >= 15 is 0 Å². The Morgan fingerprint density at radius 2 is 2.13 bits per heavy atom. The van der Waals surface area contributed by atoms with Gasteiger partial charge in [-0.05, 0) is 30.5 Å². The second-order valence-electron chi connectivity index (χ2n) is 7.78. The number of aliphatic hydroxyl groups is 1. The molecule has 2 aliphatic heterocycles. The van der Waals surface area contributed by atoms with Crippen LogP contribution in [-0.2, 0) is 20.8 Å². The SMILES string of the molecule is O=C(C[C@@H]1CC[C@H]2[C@@H](COC[C@@H](O)CN2Cc2ccc(Cl)cc2)O1)Nc1nccs1. The zero-order valence-electron chi connectivity index (χ0n) is 16.6. The lowest BCUT2D eigenvalue weighted by molar-refractivity contribution is -0.156. The normalized spacial score (nSPS) is 27.7. The third-order valence-corrected chi connectivity index (χ3v) is 6.42. The molecule has 2 saturated heterocycles. The average molecular weight is 452 g/mol. The number of thiazole rings is 1. The van der Waals surface area contributed by atoms with Crippen LogP contribution in [0.4, 0.5) is 5.13 Å². The van der Waals surface area contributed by atoms with Gasteiger partial charge in [0.05, 0.1) is 37.9 Å². The minimum Gasteiger partial charge on any atom is -0.389 e. The number of hydrogen-bond donors (Lipinski definition) is 2. The van der Waals surface area contributed by atoms with Gasteiger partial charge in [0.1, 0.15) is 0 Å². The highest BCUT2D eigenvalue weighted by molar-refractivity contribution is 7.13. The van der Waals surface area contributed by atoms with Crippen LogP contribution in [0.3, 0.4) is 0 Å². The number of nitrogens with zero attached hydrogens (tertiary/aromatic N) is 2. The molecule has 4 atom stereocenters. The van der Waals surface area contributed by atoms with Crippen molar-refractivity contribution >= 4 is 34.0 Å². The van der Waals surface area contributed by atoms with Gasteiger partial charge in [-0.3, -0.25) is 9.69 Å². The number of hydrogen-bond acceptors (Lipinski definition) is 7. The van der Waals surface area contributed by atoms with Crippen molar-refractivity contribution in [2.45, 2.75) is 50.2 Å². The lowest BCUT2D eigenvalue weighted by Gasteiger charge is -2.44. The summed E-state index contributed by atoms with van der Waals surface area (Å²) in [6.45, 7) is 1.90. The molecule has 30 heavy (non-hydrogen) atoms. The lowest BCUT2D eigenvalue weighted by Crippen LogP contribution is -2.55. The summed E-state index contributed by atoms with van der Waals surface area (Å²) in [4.78, 5) is 18.7. The molecule has 0 radical (unpaired) electrons. The Morgan fingerprint density at radius 3 is 2.90 bits per heavy atom. The molecule has 9 heteroatoms. The summed E-state index contributed by atoms with van der Waals surface area (Å²) in [7, 11) is 0. The molecule has 2 N–H and O–H groups in total. The number of rotatable bonds is 5. The van der Waals surface area contributed by atoms with Gasteiger partial charge in [-0.2, -0.15) is 0 Å². The number of carbonyl (C=O) groups is 1. The highest BCUT2D eigenvalue weighted by Gasteiger charge is 2.38. The molecule has 1 aromatic heterocycles. The quantitative estimate of drug-likeness (QED) is 0.727. The molecular formula is C21H26ClN3O4S. The first-order valence-electron chi connectivity index (χ1n) is 10.2. The van der Waals surface area contributed by atoms with E-state index in [1.807, 2.05) is 29.6 Å². The van der Waals surface area contributed by atoms with Gasteiger partial charge < -0.3 is 19.9 Å². The number of amides is 1. The summed E-state index contributed by atoms with van der Waals surface area (Å²) >= 11 is 7.41. The first kappa shape index (κ1) is 21.7. The number of carbonyl (C=O) groups excluding carboxylic acids is 1. The van der Waals surface area contributed by atoms with Crippen molar-refractivity contribution in [3.05, 3.63) is 46.4 Å². The van der Waals surface area contributed by atoms with Crippen molar-refractivity contribution in [3.63, 3.8) is 0 Å². The maximum atomic E-state index is 12.3. The second kappa shape index (κ2) is 10.2. The molecule has 0 aliphatic carbocycles. The molecule has 3 heterocycles. The van der Waals surface area contributed by atoms with E-state index in [1.165, 1.54) is 11.3 Å². The summed E-state index contributed by atoms with van der Waals surface area (Å²) in [6.07, 6.45) is 2.77. The Bertz CT molecular complexity index is 820. The van der Waals surface area contributed by atoms with Gasteiger partial charge in [0.15, 0.2) is 5.13 Å². The molecule has 0 unspecified atom stereocenters. The van der Waals surface area contributed by atoms with Crippen molar-refractivity contribution in [3.8, 4) is 0 Å². The van der Waals surface area contributed by atoms with Crippen LogP contribution in [0.1, 0.15) is 24.8 Å². The molecule has 2 aromatic rings. The molecule has 162 valence electrons. The number of nitrogens with one attached hydrogen (secondary N) is 1. The summed E-state index contributed by atoms with van der Waals surface area (Å²) in [6, 6.07) is 7.90. The van der Waals surface area contributed by atoms with Crippen molar-refractivity contribution in [2.24, 2.45) is 0 Å². The Kier molecular flexibility index (Phi) is 7.35. The molecule has 2 fully saturated rings. The predicted molar refractivity (Wildman–Crippen MR) is 116 cm³/mol. The second-order valence-corrected chi connectivity index (χ2v) is 9.11. The van der Waals surface area contributed by atoms with E-state index < -0.39 is 6.10 Å². The van der Waals surface area contributed by atoms with Gasteiger partial charge in [-0.15, -0.1) is 11.3 Å². The topological polar surface area (TPSA) is 83.9 Å². The number of anilines is 1. The van der Waals surface area contributed by atoms with Crippen molar-refractivity contribution in [2.75, 3.05) is 25.1 Å². The van der Waals surface area contributed by atoms with Crippen molar-refractivity contribution in [1.29, 1.82) is 0 Å². The lowest BCUT2D eigenvalue weighted by atomic mass is 9.94. The fourth-order valence-corrected chi connectivity index (χ4v) is 4.79. The van der Waals surface area contributed by atoms with Crippen LogP contribution < -0.4 is 5.32 Å². The van der Waals surface area contributed by atoms with Crippen molar-refractivity contribution in [1.82, 2.24) is 9.88 Å². The number of fused-ring (bicyclic) bond motifs is 1. The van der Waals surface area contributed by atoms with Crippen LogP contribution in [0, 0.1) is 0 Å². The zero-order chi connectivity index (χ0) is 20.9. The minimum atomic E-state index is -0.542. The number of benzene rings is 1. The molecule has 0 spiro atoms. The van der Waals surface area contributed by atoms with Gasteiger partial charge in [-0.25, -0.2) is 4.98 Å². The highest BCUT2D eigenvalue weighted by atomic mass is 35.5. The molecule has 7 nitrogen and oxygen atoms in total. The van der Waals surface area contributed by atoms with Crippen molar-refractivity contribution < 1.29 is 19.4 Å². The molecule has 0 bridgehead atoms. The Morgan fingerprint density at radius 1 is 1.30 bits per heavy atom. The average Bonchev–Trinajstić information content (AvgIpc) is 3.21. The van der Waals surface area contributed by atoms with Crippen LogP contribution in [0.5, 0.6) is 0 Å². The smallest absolute Gasteiger partial charge is 0.228 e. The van der Waals surface area contributed by atoms with Crippen LogP contribution >= 0.6 is 22.9 Å². The molecule has 2 aliphatic rings. The number of β-amino-alcohol motifs (C(OH)–C–C–N with tert-alkyl or cyclic N) is 1. The molecule has 4 rings (SSSR count). The minimum absolute atomic E-state index is 0.0893. The standard InChI is InChI=1S/C21H26ClN3O4S/c22-15-3-1-14(2-4-15)10-25-11-16(26)12-28-13-19-18(25)6-5-17(29-19)9-20(27)24-21-23-7-8-30-21/h1-4,7-8,16-19,26H,5-6,9-13H2,(H,23,24,27)/t16-,17-,18-,19+/m0/s1. The van der Waals surface area contributed by atoms with E-state index in [0.717, 1.165) is 18.4 Å². The zero-order valence-corrected chi connectivity index (χ0v) is 18.1. The fourth-order valence-electron chi connectivity index (χ4n) is 4.11. The monoisotopic (exact) mass is 451 g/mol. The number of ether oxygens (including phenoxy) is 2. The van der Waals surface area contributed by atoms with E-state index in [1.54, 1.807) is 6.20 Å². The third-order valence-electron chi connectivity index (χ3n) is 5.48. The van der Waals surface area contributed by atoms with Crippen LogP contribution in [-0.4, -0.2) is 65.0 Å². The van der Waals surface area contributed by atoms with Gasteiger partial charge in [0, 0.05) is 35.7 Å². The molecule has 0 saturated carbocycles. The first-order valence-corrected chi connectivity index (χ1v) is 11.4. The third kappa shape index (κ3) is 5.78. The maximum absolute atomic E-state index is 12.3. The van der Waals surface area contributed by atoms with Gasteiger partial charge >= 0.3 is 0 Å².